The quantitative estimate of drug-likeness (QED) is 0.832. The molecule has 16 heavy (non-hydrogen) atoms. The van der Waals surface area contributed by atoms with Gasteiger partial charge >= 0.3 is 0 Å². The van der Waals surface area contributed by atoms with Gasteiger partial charge in [-0.05, 0) is 39.3 Å². The highest BCUT2D eigenvalue weighted by Gasteiger charge is 2.29. The molecular weight excluding hydrogens is 200 g/mol. The Labute approximate surface area is 97.4 Å². The number of nitrogens with zero attached hydrogens (tertiary/aromatic N) is 3. The van der Waals surface area contributed by atoms with Gasteiger partial charge in [-0.15, -0.1) is 0 Å². The highest BCUT2D eigenvalue weighted by Crippen LogP contribution is 2.26. The summed E-state index contributed by atoms with van der Waals surface area (Å²) < 4.78 is 2.09. The second-order valence-electron chi connectivity index (χ2n) is 4.71. The lowest BCUT2D eigenvalue weighted by Crippen LogP contribution is -2.38. The van der Waals surface area contributed by atoms with Crippen LogP contribution >= 0.6 is 0 Å². The van der Waals surface area contributed by atoms with Crippen LogP contribution in [0.4, 0.5) is 0 Å². The Hall–Kier alpha value is -0.870. The van der Waals surface area contributed by atoms with Crippen molar-refractivity contribution in [3.05, 3.63) is 18.0 Å². The minimum atomic E-state index is 0.447. The van der Waals surface area contributed by atoms with E-state index < -0.39 is 0 Å². The first kappa shape index (κ1) is 11.6. The maximum atomic E-state index is 5.65. The molecule has 1 aliphatic rings. The third-order valence-electron chi connectivity index (χ3n) is 3.55. The number of aromatic nitrogens is 2. The average molecular weight is 222 g/mol. The lowest BCUT2D eigenvalue weighted by atomic mass is 10.1. The minimum Gasteiger partial charge on any atom is -0.329 e. The molecule has 0 amide bonds. The first-order valence-electron chi connectivity index (χ1n) is 6.18. The molecule has 2 heterocycles. The molecule has 1 aliphatic heterocycles. The molecule has 0 saturated carbocycles. The van der Waals surface area contributed by atoms with Crippen molar-refractivity contribution in [1.82, 2.24) is 14.7 Å². The highest BCUT2D eigenvalue weighted by atomic mass is 15.3. The fourth-order valence-corrected chi connectivity index (χ4v) is 2.68. The van der Waals surface area contributed by atoms with Gasteiger partial charge in [0.05, 0.1) is 11.7 Å². The van der Waals surface area contributed by atoms with Crippen LogP contribution in [0.1, 0.15) is 31.5 Å². The van der Waals surface area contributed by atoms with Crippen molar-refractivity contribution in [2.45, 2.75) is 38.8 Å². The summed E-state index contributed by atoms with van der Waals surface area (Å²) in [6.07, 6.45) is 4.63. The van der Waals surface area contributed by atoms with E-state index in [9.17, 15) is 0 Å². The van der Waals surface area contributed by atoms with E-state index in [0.29, 0.717) is 12.1 Å². The van der Waals surface area contributed by atoms with E-state index in [4.69, 9.17) is 5.73 Å². The number of aryl methyl sites for hydroxylation is 1. The van der Waals surface area contributed by atoms with E-state index in [-0.39, 0.29) is 0 Å². The summed E-state index contributed by atoms with van der Waals surface area (Å²) in [5.74, 6) is 0. The van der Waals surface area contributed by atoms with Gasteiger partial charge in [0.1, 0.15) is 0 Å². The first-order chi connectivity index (χ1) is 7.72. The van der Waals surface area contributed by atoms with Gasteiger partial charge in [-0.1, -0.05) is 0 Å². The van der Waals surface area contributed by atoms with Gasteiger partial charge in [0.25, 0.3) is 0 Å². The molecule has 0 unspecified atom stereocenters. The third kappa shape index (κ3) is 2.28. The Morgan fingerprint density at radius 3 is 3.06 bits per heavy atom. The SMILES string of the molecule is Cc1ccn([C@H](C)[C@H]2CCCN2CCN)n1. The van der Waals surface area contributed by atoms with E-state index in [1.165, 1.54) is 19.4 Å². The summed E-state index contributed by atoms with van der Waals surface area (Å²) in [6, 6.07) is 3.12. The van der Waals surface area contributed by atoms with Crippen molar-refractivity contribution in [3.8, 4) is 0 Å². The lowest BCUT2D eigenvalue weighted by Gasteiger charge is -2.29. The molecule has 1 fully saturated rings. The van der Waals surface area contributed by atoms with Crippen molar-refractivity contribution in [1.29, 1.82) is 0 Å². The van der Waals surface area contributed by atoms with Gasteiger partial charge in [-0.2, -0.15) is 5.10 Å². The molecule has 4 heteroatoms. The van der Waals surface area contributed by atoms with Gasteiger partial charge in [-0.3, -0.25) is 9.58 Å². The molecule has 2 atom stereocenters. The molecular formula is C12H22N4. The van der Waals surface area contributed by atoms with Crippen molar-refractivity contribution in [3.63, 3.8) is 0 Å². The Morgan fingerprint density at radius 2 is 2.44 bits per heavy atom. The van der Waals surface area contributed by atoms with E-state index in [1.807, 2.05) is 6.92 Å². The predicted molar refractivity (Wildman–Crippen MR) is 65.3 cm³/mol. The lowest BCUT2D eigenvalue weighted by molar-refractivity contribution is 0.196. The van der Waals surface area contributed by atoms with Gasteiger partial charge in [0.2, 0.25) is 0 Å². The number of rotatable bonds is 4. The Kier molecular flexibility index (Phi) is 3.61. The largest absolute Gasteiger partial charge is 0.329 e. The molecule has 0 aromatic carbocycles. The van der Waals surface area contributed by atoms with Crippen LogP contribution in [-0.4, -0.2) is 40.4 Å². The van der Waals surface area contributed by atoms with Gasteiger partial charge in [0.15, 0.2) is 0 Å². The molecule has 0 radical (unpaired) electrons. The number of likely N-dealkylation sites (tertiary alicyclic amines) is 1. The van der Waals surface area contributed by atoms with Crippen LogP contribution in [0.5, 0.6) is 0 Å². The van der Waals surface area contributed by atoms with Crippen molar-refractivity contribution < 1.29 is 0 Å². The summed E-state index contributed by atoms with van der Waals surface area (Å²) in [6.45, 7) is 7.24. The summed E-state index contributed by atoms with van der Waals surface area (Å²) in [5.41, 5.74) is 6.74. The van der Waals surface area contributed by atoms with E-state index in [1.54, 1.807) is 0 Å². The summed E-state index contributed by atoms with van der Waals surface area (Å²) in [7, 11) is 0. The highest BCUT2D eigenvalue weighted by molar-refractivity contribution is 4.97. The van der Waals surface area contributed by atoms with E-state index >= 15 is 0 Å². The summed E-state index contributed by atoms with van der Waals surface area (Å²) in [4.78, 5) is 2.50. The number of hydrogen-bond acceptors (Lipinski definition) is 3. The standard InChI is InChI=1S/C12H22N4/c1-10-5-8-16(14-10)11(2)12-4-3-7-15(12)9-6-13/h5,8,11-12H,3-4,6-7,9,13H2,1-2H3/t11-,12-/m1/s1. The Bertz CT molecular complexity index is 334. The van der Waals surface area contributed by atoms with Crippen LogP contribution in [-0.2, 0) is 0 Å². The monoisotopic (exact) mass is 222 g/mol. The van der Waals surface area contributed by atoms with Gasteiger partial charge in [0, 0.05) is 25.3 Å². The normalized spacial score (nSPS) is 23.8. The topological polar surface area (TPSA) is 47.1 Å². The zero-order valence-corrected chi connectivity index (χ0v) is 10.3. The van der Waals surface area contributed by atoms with Crippen LogP contribution in [0.2, 0.25) is 0 Å². The zero-order chi connectivity index (χ0) is 11.5. The second kappa shape index (κ2) is 4.97. The molecule has 1 aromatic heterocycles. The summed E-state index contributed by atoms with van der Waals surface area (Å²) >= 11 is 0. The Morgan fingerprint density at radius 1 is 1.62 bits per heavy atom. The predicted octanol–water partition coefficient (Wildman–Crippen LogP) is 1.18. The van der Waals surface area contributed by atoms with Crippen LogP contribution < -0.4 is 5.73 Å². The molecule has 4 nitrogen and oxygen atoms in total. The minimum absolute atomic E-state index is 0.447. The molecule has 0 bridgehead atoms. The molecule has 0 spiro atoms. The third-order valence-corrected chi connectivity index (χ3v) is 3.55. The first-order valence-corrected chi connectivity index (χ1v) is 6.18. The fraction of sp³-hybridized carbons (Fsp3) is 0.750. The second-order valence-corrected chi connectivity index (χ2v) is 4.71. The van der Waals surface area contributed by atoms with Gasteiger partial charge < -0.3 is 5.73 Å². The van der Waals surface area contributed by atoms with Crippen LogP contribution in [0.25, 0.3) is 0 Å². The maximum Gasteiger partial charge on any atom is 0.0646 e. The van der Waals surface area contributed by atoms with E-state index in [2.05, 4.69) is 33.9 Å². The Balaban J connectivity index is 2.05. The van der Waals surface area contributed by atoms with Crippen molar-refractivity contribution in [2.75, 3.05) is 19.6 Å². The number of hydrogen-bond donors (Lipinski definition) is 1. The average Bonchev–Trinajstić information content (AvgIpc) is 2.87. The van der Waals surface area contributed by atoms with E-state index in [0.717, 1.165) is 18.8 Å². The molecule has 1 saturated heterocycles. The zero-order valence-electron chi connectivity index (χ0n) is 10.3. The van der Waals surface area contributed by atoms with Crippen molar-refractivity contribution in [2.24, 2.45) is 5.73 Å². The van der Waals surface area contributed by atoms with Crippen LogP contribution in [0.3, 0.4) is 0 Å². The molecule has 2 rings (SSSR count). The van der Waals surface area contributed by atoms with Crippen molar-refractivity contribution >= 4 is 0 Å². The molecule has 2 N–H and O–H groups in total. The fourth-order valence-electron chi connectivity index (χ4n) is 2.68. The molecule has 1 aromatic rings. The summed E-state index contributed by atoms with van der Waals surface area (Å²) in [5, 5.41) is 4.51. The molecule has 90 valence electrons. The molecule has 0 aliphatic carbocycles. The maximum absolute atomic E-state index is 5.65. The van der Waals surface area contributed by atoms with Crippen LogP contribution in [0.15, 0.2) is 12.3 Å². The number of nitrogens with two attached hydrogens (primary N) is 1. The van der Waals surface area contributed by atoms with Gasteiger partial charge in [-0.25, -0.2) is 0 Å². The van der Waals surface area contributed by atoms with Crippen LogP contribution in [0, 0.1) is 6.92 Å². The smallest absolute Gasteiger partial charge is 0.0646 e.